The molecule has 2 aromatic rings. The van der Waals surface area contributed by atoms with Crippen LogP contribution < -0.4 is 5.32 Å². The summed E-state index contributed by atoms with van der Waals surface area (Å²) in [6.07, 6.45) is 0. The van der Waals surface area contributed by atoms with Gasteiger partial charge in [-0.2, -0.15) is 5.26 Å². The lowest BCUT2D eigenvalue weighted by atomic mass is 10.1. The topological polar surface area (TPSA) is 52.9 Å². The van der Waals surface area contributed by atoms with Gasteiger partial charge in [0.2, 0.25) is 0 Å². The molecule has 6 heteroatoms. The van der Waals surface area contributed by atoms with E-state index < -0.39 is 17.5 Å². The molecule has 0 aliphatic rings. The number of carbonyl (C=O) groups is 1. The highest BCUT2D eigenvalue weighted by Crippen LogP contribution is 2.20. The fourth-order valence-electron chi connectivity index (χ4n) is 1.57. The van der Waals surface area contributed by atoms with E-state index in [-0.39, 0.29) is 21.8 Å². The van der Waals surface area contributed by atoms with Crippen molar-refractivity contribution in [2.75, 3.05) is 5.32 Å². The molecule has 0 fully saturated rings. The van der Waals surface area contributed by atoms with Crippen LogP contribution in [0.1, 0.15) is 15.9 Å². The fraction of sp³-hybridized carbons (Fsp3) is 0. The van der Waals surface area contributed by atoms with Crippen LogP contribution in [-0.4, -0.2) is 5.91 Å². The highest BCUT2D eigenvalue weighted by Gasteiger charge is 2.13. The second-order valence-corrected chi connectivity index (χ2v) is 4.26. The molecule has 0 spiro atoms. The second kappa shape index (κ2) is 5.68. The molecule has 2 rings (SSSR count). The van der Waals surface area contributed by atoms with Crippen molar-refractivity contribution in [2.45, 2.75) is 0 Å². The van der Waals surface area contributed by atoms with Gasteiger partial charge < -0.3 is 5.32 Å². The summed E-state index contributed by atoms with van der Waals surface area (Å²) < 4.78 is 26.4. The van der Waals surface area contributed by atoms with Crippen LogP contribution in [0, 0.1) is 23.0 Å². The number of halogens is 3. The van der Waals surface area contributed by atoms with Crippen molar-refractivity contribution < 1.29 is 13.6 Å². The zero-order valence-electron chi connectivity index (χ0n) is 9.95. The minimum Gasteiger partial charge on any atom is -0.321 e. The molecule has 3 nitrogen and oxygen atoms in total. The van der Waals surface area contributed by atoms with E-state index in [9.17, 15) is 13.6 Å². The summed E-state index contributed by atoms with van der Waals surface area (Å²) in [6.45, 7) is 0. The van der Waals surface area contributed by atoms with Crippen molar-refractivity contribution >= 4 is 23.2 Å². The highest BCUT2D eigenvalue weighted by molar-refractivity contribution is 6.31. The fourth-order valence-corrected chi connectivity index (χ4v) is 1.75. The smallest absolute Gasteiger partial charge is 0.255 e. The molecular weight excluding hydrogens is 286 g/mol. The molecular formula is C14H7ClF2N2O. The molecule has 100 valence electrons. The van der Waals surface area contributed by atoms with Crippen molar-refractivity contribution in [1.29, 1.82) is 5.26 Å². The van der Waals surface area contributed by atoms with Crippen molar-refractivity contribution in [3.63, 3.8) is 0 Å². The van der Waals surface area contributed by atoms with Crippen molar-refractivity contribution in [3.05, 3.63) is 64.2 Å². The van der Waals surface area contributed by atoms with E-state index in [1.807, 2.05) is 0 Å². The first-order valence-corrected chi connectivity index (χ1v) is 5.85. The van der Waals surface area contributed by atoms with Crippen molar-refractivity contribution in [1.82, 2.24) is 0 Å². The average Bonchev–Trinajstić information content (AvgIpc) is 2.42. The third-order valence-corrected chi connectivity index (χ3v) is 2.85. The van der Waals surface area contributed by atoms with Gasteiger partial charge in [0, 0.05) is 5.56 Å². The minimum atomic E-state index is -0.734. The maximum absolute atomic E-state index is 13.4. The van der Waals surface area contributed by atoms with Gasteiger partial charge in [-0.1, -0.05) is 17.7 Å². The number of hydrogen-bond acceptors (Lipinski definition) is 2. The minimum absolute atomic E-state index is 0.0398. The number of nitriles is 1. The molecule has 0 atom stereocenters. The van der Waals surface area contributed by atoms with E-state index >= 15 is 0 Å². The average molecular weight is 293 g/mol. The zero-order chi connectivity index (χ0) is 14.7. The molecule has 0 heterocycles. The first kappa shape index (κ1) is 14.0. The lowest BCUT2D eigenvalue weighted by Crippen LogP contribution is -2.13. The van der Waals surface area contributed by atoms with E-state index in [1.165, 1.54) is 18.2 Å². The molecule has 0 saturated carbocycles. The quantitative estimate of drug-likeness (QED) is 0.916. The Kier molecular flexibility index (Phi) is 3.97. The zero-order valence-corrected chi connectivity index (χ0v) is 10.7. The number of benzene rings is 2. The molecule has 1 N–H and O–H groups in total. The lowest BCUT2D eigenvalue weighted by Gasteiger charge is -2.08. The van der Waals surface area contributed by atoms with Crippen LogP contribution in [0.15, 0.2) is 36.4 Å². The van der Waals surface area contributed by atoms with Crippen molar-refractivity contribution in [3.8, 4) is 6.07 Å². The summed E-state index contributed by atoms with van der Waals surface area (Å²) in [7, 11) is 0. The number of nitrogens with one attached hydrogen (secondary N) is 1. The molecule has 0 radical (unpaired) electrons. The van der Waals surface area contributed by atoms with Gasteiger partial charge in [0.05, 0.1) is 10.7 Å². The van der Waals surface area contributed by atoms with Gasteiger partial charge >= 0.3 is 0 Å². The maximum atomic E-state index is 13.4. The van der Waals surface area contributed by atoms with Gasteiger partial charge in [-0.15, -0.1) is 0 Å². The van der Waals surface area contributed by atoms with Gasteiger partial charge in [-0.3, -0.25) is 4.79 Å². The van der Waals surface area contributed by atoms with Gasteiger partial charge in [0.25, 0.3) is 5.91 Å². The summed E-state index contributed by atoms with van der Waals surface area (Å²) in [4.78, 5) is 11.9. The molecule has 0 saturated heterocycles. The number of anilines is 1. The summed E-state index contributed by atoms with van der Waals surface area (Å²) in [5, 5.41) is 11.0. The van der Waals surface area contributed by atoms with Crippen molar-refractivity contribution in [2.24, 2.45) is 0 Å². The molecule has 0 aliphatic carbocycles. The molecule has 2 aromatic carbocycles. The van der Waals surface area contributed by atoms with E-state index in [0.717, 1.165) is 18.2 Å². The number of nitrogens with zero attached hydrogens (tertiary/aromatic N) is 1. The SMILES string of the molecule is N#Cc1c(F)cccc1NC(=O)c1ccc(F)c(Cl)c1. The van der Waals surface area contributed by atoms with Crippen LogP contribution in [-0.2, 0) is 0 Å². The predicted molar refractivity (Wildman–Crippen MR) is 70.5 cm³/mol. The van der Waals surface area contributed by atoms with Crippen LogP contribution >= 0.6 is 11.6 Å². The predicted octanol–water partition coefficient (Wildman–Crippen LogP) is 3.74. The van der Waals surface area contributed by atoms with Crippen LogP contribution in [0.3, 0.4) is 0 Å². The molecule has 0 aromatic heterocycles. The Morgan fingerprint density at radius 1 is 1.20 bits per heavy atom. The van der Waals surface area contributed by atoms with Crippen LogP contribution in [0.5, 0.6) is 0 Å². The normalized spacial score (nSPS) is 9.90. The van der Waals surface area contributed by atoms with E-state index in [4.69, 9.17) is 16.9 Å². The second-order valence-electron chi connectivity index (χ2n) is 3.86. The Morgan fingerprint density at radius 2 is 1.95 bits per heavy atom. The molecule has 0 unspecified atom stereocenters. The Labute approximate surface area is 118 Å². The summed E-state index contributed by atoms with van der Waals surface area (Å²) >= 11 is 5.58. The highest BCUT2D eigenvalue weighted by atomic mass is 35.5. The third-order valence-electron chi connectivity index (χ3n) is 2.56. The largest absolute Gasteiger partial charge is 0.321 e. The molecule has 0 aliphatic heterocycles. The van der Waals surface area contributed by atoms with E-state index in [2.05, 4.69) is 5.32 Å². The molecule has 1 amide bonds. The number of hydrogen-bond donors (Lipinski definition) is 1. The van der Waals surface area contributed by atoms with E-state index in [1.54, 1.807) is 6.07 Å². The Balaban J connectivity index is 2.31. The number of rotatable bonds is 2. The molecule has 20 heavy (non-hydrogen) atoms. The Morgan fingerprint density at radius 3 is 2.60 bits per heavy atom. The standard InChI is InChI=1S/C14H7ClF2N2O/c15-10-6-8(4-5-12(10)17)14(20)19-13-3-1-2-11(16)9(13)7-18/h1-6H,(H,19,20). The monoisotopic (exact) mass is 292 g/mol. The Hall–Kier alpha value is -2.45. The van der Waals surface area contributed by atoms with Gasteiger partial charge in [-0.25, -0.2) is 8.78 Å². The van der Waals surface area contributed by atoms with Crippen LogP contribution in [0.2, 0.25) is 5.02 Å². The number of carbonyl (C=O) groups excluding carboxylic acids is 1. The number of amides is 1. The van der Waals surface area contributed by atoms with Gasteiger partial charge in [0.15, 0.2) is 0 Å². The third kappa shape index (κ3) is 2.76. The Bertz CT molecular complexity index is 726. The van der Waals surface area contributed by atoms with E-state index in [0.29, 0.717) is 0 Å². The summed E-state index contributed by atoms with van der Waals surface area (Å²) in [5.74, 6) is -2.00. The molecule has 0 bridgehead atoms. The van der Waals surface area contributed by atoms with Gasteiger partial charge in [0.1, 0.15) is 23.3 Å². The van der Waals surface area contributed by atoms with Crippen LogP contribution in [0.4, 0.5) is 14.5 Å². The maximum Gasteiger partial charge on any atom is 0.255 e. The van der Waals surface area contributed by atoms with Crippen LogP contribution in [0.25, 0.3) is 0 Å². The lowest BCUT2D eigenvalue weighted by molar-refractivity contribution is 0.102. The van der Waals surface area contributed by atoms with Gasteiger partial charge in [-0.05, 0) is 30.3 Å². The first-order valence-electron chi connectivity index (χ1n) is 5.48. The summed E-state index contributed by atoms with van der Waals surface area (Å²) in [6, 6.07) is 8.98. The summed E-state index contributed by atoms with van der Waals surface area (Å²) in [5.41, 5.74) is -0.128. The first-order chi connectivity index (χ1) is 9.52.